The molecule has 0 atom stereocenters. The highest BCUT2D eigenvalue weighted by molar-refractivity contribution is 7.12. The van der Waals surface area contributed by atoms with Gasteiger partial charge in [-0.15, -0.1) is 11.3 Å². The number of benzene rings is 1. The van der Waals surface area contributed by atoms with Gasteiger partial charge in [0.1, 0.15) is 4.88 Å². The smallest absolute Gasteiger partial charge is 0.349 e. The zero-order valence-electron chi connectivity index (χ0n) is 14.0. The zero-order valence-corrected chi connectivity index (χ0v) is 14.8. The van der Waals surface area contributed by atoms with Crippen molar-refractivity contribution in [1.82, 2.24) is 5.32 Å². The molecule has 0 saturated heterocycles. The van der Waals surface area contributed by atoms with Crippen LogP contribution in [0.3, 0.4) is 0 Å². The van der Waals surface area contributed by atoms with Crippen molar-refractivity contribution >= 4 is 28.9 Å². The van der Waals surface area contributed by atoms with Gasteiger partial charge in [-0.2, -0.15) is 0 Å². The van der Waals surface area contributed by atoms with Crippen molar-refractivity contribution < 1.29 is 14.3 Å². The topological polar surface area (TPSA) is 58.6 Å². The van der Waals surface area contributed by atoms with Crippen molar-refractivity contribution in [2.24, 2.45) is 0 Å². The van der Waals surface area contributed by atoms with Gasteiger partial charge in [0.15, 0.2) is 6.61 Å². The van der Waals surface area contributed by atoms with E-state index in [1.165, 1.54) is 11.3 Å². The molecule has 1 N–H and O–H groups in total. The molecule has 6 heteroatoms. The van der Waals surface area contributed by atoms with Gasteiger partial charge in [0, 0.05) is 25.8 Å². The third-order valence-electron chi connectivity index (χ3n) is 3.57. The molecule has 0 spiro atoms. The standard InChI is InChI=1S/C18H22N2O3S/c1-14-9-12-24-17(14)18(22)23-13-16(21)19-10-6-11-20(2)15-7-4-3-5-8-15/h3-5,7-9,12H,6,10-11,13H2,1-2H3,(H,19,21). The Morgan fingerprint density at radius 3 is 2.62 bits per heavy atom. The number of thiophene rings is 1. The molecule has 0 unspecified atom stereocenters. The largest absolute Gasteiger partial charge is 0.451 e. The van der Waals surface area contributed by atoms with E-state index in [0.717, 1.165) is 24.2 Å². The van der Waals surface area contributed by atoms with Crippen LogP contribution in [0.1, 0.15) is 21.7 Å². The monoisotopic (exact) mass is 346 g/mol. The molecule has 128 valence electrons. The number of amides is 1. The Bertz CT molecular complexity index is 670. The van der Waals surface area contributed by atoms with E-state index in [9.17, 15) is 9.59 Å². The molecule has 0 saturated carbocycles. The van der Waals surface area contributed by atoms with E-state index in [0.29, 0.717) is 11.4 Å². The van der Waals surface area contributed by atoms with Crippen molar-refractivity contribution in [2.75, 3.05) is 31.6 Å². The van der Waals surface area contributed by atoms with Gasteiger partial charge >= 0.3 is 5.97 Å². The van der Waals surface area contributed by atoms with Crippen molar-refractivity contribution in [1.29, 1.82) is 0 Å². The average molecular weight is 346 g/mol. The summed E-state index contributed by atoms with van der Waals surface area (Å²) in [6.45, 7) is 2.98. The van der Waals surface area contributed by atoms with E-state index in [1.54, 1.807) is 0 Å². The van der Waals surface area contributed by atoms with Gasteiger partial charge in [-0.1, -0.05) is 18.2 Å². The third kappa shape index (κ3) is 5.38. The maximum absolute atomic E-state index is 11.8. The molecule has 1 heterocycles. The first kappa shape index (κ1) is 18.0. The summed E-state index contributed by atoms with van der Waals surface area (Å²) in [6.07, 6.45) is 0.815. The number of anilines is 1. The summed E-state index contributed by atoms with van der Waals surface area (Å²) in [5, 5.41) is 4.59. The van der Waals surface area contributed by atoms with E-state index >= 15 is 0 Å². The number of carbonyl (C=O) groups excluding carboxylic acids is 2. The lowest BCUT2D eigenvalue weighted by Crippen LogP contribution is -2.31. The second-order valence-corrected chi connectivity index (χ2v) is 6.39. The summed E-state index contributed by atoms with van der Waals surface area (Å²) >= 11 is 1.32. The second-order valence-electron chi connectivity index (χ2n) is 5.47. The first-order chi connectivity index (χ1) is 11.6. The number of carbonyl (C=O) groups is 2. The second kappa shape index (κ2) is 9.08. The van der Waals surface area contributed by atoms with E-state index in [1.807, 2.05) is 55.7 Å². The van der Waals surface area contributed by atoms with Crippen LogP contribution >= 0.6 is 11.3 Å². The molecule has 2 aromatic rings. The Kier molecular flexibility index (Phi) is 6.81. The number of hydrogen-bond acceptors (Lipinski definition) is 5. The maximum Gasteiger partial charge on any atom is 0.349 e. The predicted octanol–water partition coefficient (Wildman–Crippen LogP) is 2.86. The SMILES string of the molecule is Cc1ccsc1C(=O)OCC(=O)NCCCN(C)c1ccccc1. The predicted molar refractivity (Wildman–Crippen MR) is 96.7 cm³/mol. The summed E-state index contributed by atoms with van der Waals surface area (Å²) in [6, 6.07) is 11.9. The maximum atomic E-state index is 11.8. The zero-order chi connectivity index (χ0) is 17.4. The van der Waals surface area contributed by atoms with Crippen molar-refractivity contribution in [3.63, 3.8) is 0 Å². The molecule has 1 amide bonds. The number of hydrogen-bond donors (Lipinski definition) is 1. The Morgan fingerprint density at radius 2 is 1.96 bits per heavy atom. The molecule has 1 aromatic carbocycles. The first-order valence-electron chi connectivity index (χ1n) is 7.82. The average Bonchev–Trinajstić information content (AvgIpc) is 3.03. The third-order valence-corrected chi connectivity index (χ3v) is 4.57. The fourth-order valence-corrected chi connectivity index (χ4v) is 3.00. The van der Waals surface area contributed by atoms with E-state index in [2.05, 4.69) is 10.2 Å². The molecule has 1 aromatic heterocycles. The summed E-state index contributed by atoms with van der Waals surface area (Å²) in [4.78, 5) is 26.2. The molecule has 2 rings (SSSR count). The molecule has 0 aliphatic carbocycles. The number of nitrogens with zero attached hydrogens (tertiary/aromatic N) is 1. The lowest BCUT2D eigenvalue weighted by atomic mass is 10.3. The van der Waals surface area contributed by atoms with Crippen molar-refractivity contribution in [2.45, 2.75) is 13.3 Å². The summed E-state index contributed by atoms with van der Waals surface area (Å²) in [5.74, 6) is -0.721. The highest BCUT2D eigenvalue weighted by Crippen LogP contribution is 2.16. The van der Waals surface area contributed by atoms with E-state index in [4.69, 9.17) is 4.74 Å². The fourth-order valence-electron chi connectivity index (χ4n) is 2.19. The van der Waals surface area contributed by atoms with Gasteiger partial charge in [0.25, 0.3) is 5.91 Å². The Balaban J connectivity index is 1.62. The minimum absolute atomic E-state index is 0.245. The summed E-state index contributed by atoms with van der Waals surface area (Å²) in [7, 11) is 2.02. The van der Waals surface area contributed by atoms with Crippen LogP contribution in [0, 0.1) is 6.92 Å². The van der Waals surface area contributed by atoms with Gasteiger partial charge in [-0.05, 0) is 42.5 Å². The molecule has 0 aliphatic rings. The van der Waals surface area contributed by atoms with Crippen LogP contribution in [0.2, 0.25) is 0 Å². The lowest BCUT2D eigenvalue weighted by Gasteiger charge is -2.19. The van der Waals surface area contributed by atoms with Crippen LogP contribution in [0.4, 0.5) is 5.69 Å². The highest BCUT2D eigenvalue weighted by Gasteiger charge is 2.13. The Morgan fingerprint density at radius 1 is 1.21 bits per heavy atom. The molecule has 0 fully saturated rings. The van der Waals surface area contributed by atoms with Gasteiger partial charge in [0.05, 0.1) is 0 Å². The van der Waals surface area contributed by atoms with Gasteiger partial charge in [-0.3, -0.25) is 4.79 Å². The molecule has 0 radical (unpaired) electrons. The van der Waals surface area contributed by atoms with Crippen LogP contribution in [0.15, 0.2) is 41.8 Å². The van der Waals surface area contributed by atoms with Crippen LogP contribution in [-0.2, 0) is 9.53 Å². The van der Waals surface area contributed by atoms with Crippen molar-refractivity contribution in [3.05, 3.63) is 52.2 Å². The van der Waals surface area contributed by atoms with Crippen molar-refractivity contribution in [3.8, 4) is 0 Å². The van der Waals surface area contributed by atoms with Crippen LogP contribution in [-0.4, -0.2) is 38.6 Å². The number of para-hydroxylation sites is 1. The molecule has 0 bridgehead atoms. The van der Waals surface area contributed by atoms with E-state index in [-0.39, 0.29) is 12.5 Å². The van der Waals surface area contributed by atoms with Gasteiger partial charge < -0.3 is 15.0 Å². The minimum Gasteiger partial charge on any atom is -0.451 e. The first-order valence-corrected chi connectivity index (χ1v) is 8.70. The minimum atomic E-state index is -0.443. The molecular weight excluding hydrogens is 324 g/mol. The summed E-state index contributed by atoms with van der Waals surface area (Å²) < 4.78 is 5.03. The van der Waals surface area contributed by atoms with E-state index < -0.39 is 5.97 Å². The van der Waals surface area contributed by atoms with Gasteiger partial charge in [-0.25, -0.2) is 4.79 Å². The molecule has 24 heavy (non-hydrogen) atoms. The summed E-state index contributed by atoms with van der Waals surface area (Å²) in [5.41, 5.74) is 2.01. The number of ether oxygens (including phenoxy) is 1. The number of aryl methyl sites for hydroxylation is 1. The Hall–Kier alpha value is -2.34. The van der Waals surface area contributed by atoms with Crippen LogP contribution < -0.4 is 10.2 Å². The molecule has 0 aliphatic heterocycles. The molecule has 5 nitrogen and oxygen atoms in total. The highest BCUT2D eigenvalue weighted by atomic mass is 32.1. The quantitative estimate of drug-likeness (QED) is 0.590. The van der Waals surface area contributed by atoms with Crippen LogP contribution in [0.5, 0.6) is 0 Å². The molecular formula is C18H22N2O3S. The number of nitrogens with one attached hydrogen (secondary N) is 1. The lowest BCUT2D eigenvalue weighted by molar-refractivity contribution is -0.124. The fraction of sp³-hybridized carbons (Fsp3) is 0.333. The van der Waals surface area contributed by atoms with Crippen LogP contribution in [0.25, 0.3) is 0 Å². The normalized spacial score (nSPS) is 10.2. The Labute approximate surface area is 146 Å². The van der Waals surface area contributed by atoms with Gasteiger partial charge in [0.2, 0.25) is 0 Å². The number of esters is 1. The number of rotatable bonds is 8.